The summed E-state index contributed by atoms with van der Waals surface area (Å²) in [4.78, 5) is 34.2. The van der Waals surface area contributed by atoms with Crippen LogP contribution in [-0.2, 0) is 33.3 Å². The highest BCUT2D eigenvalue weighted by Gasteiger charge is 2.45. The van der Waals surface area contributed by atoms with Crippen LogP contribution in [0.3, 0.4) is 0 Å². The fourth-order valence-electron chi connectivity index (χ4n) is 2.18. The zero-order valence-electron chi connectivity index (χ0n) is 13.5. The van der Waals surface area contributed by atoms with Crippen molar-refractivity contribution >= 4 is 17.9 Å². The number of carbonyl (C=O) groups is 3. The van der Waals surface area contributed by atoms with E-state index in [1.807, 2.05) is 0 Å². The van der Waals surface area contributed by atoms with Gasteiger partial charge in [-0.15, -0.1) is 0 Å². The molecule has 0 fully saturated rings. The van der Waals surface area contributed by atoms with E-state index >= 15 is 0 Å². The molecule has 136 valence electrons. The Kier molecular flexibility index (Phi) is 7.14. The molecule has 0 aromatic heterocycles. The molecule has 0 aromatic rings. The van der Waals surface area contributed by atoms with Gasteiger partial charge in [-0.25, -0.2) is 4.79 Å². The highest BCUT2D eigenvalue weighted by atomic mass is 16.6. The zero-order chi connectivity index (χ0) is 18.4. The van der Waals surface area contributed by atoms with Gasteiger partial charge in [-0.2, -0.15) is 0 Å². The normalized spacial score (nSPS) is 25.6. The van der Waals surface area contributed by atoms with E-state index in [4.69, 9.17) is 25.1 Å². The summed E-state index contributed by atoms with van der Waals surface area (Å²) < 4.78 is 19.9. The summed E-state index contributed by atoms with van der Waals surface area (Å²) in [7, 11) is 1.11. The van der Waals surface area contributed by atoms with E-state index in [-0.39, 0.29) is 5.76 Å². The first-order valence-electron chi connectivity index (χ1n) is 7.07. The number of hydrogen-bond acceptors (Lipinski definition) is 10. The van der Waals surface area contributed by atoms with Crippen molar-refractivity contribution in [1.29, 1.82) is 0 Å². The largest absolute Gasteiger partial charge is 0.477 e. The molecule has 0 bridgehead atoms. The van der Waals surface area contributed by atoms with Crippen molar-refractivity contribution in [3.8, 4) is 0 Å². The maximum absolute atomic E-state index is 11.7. The highest BCUT2D eigenvalue weighted by Crippen LogP contribution is 2.25. The molecule has 0 amide bonds. The van der Waals surface area contributed by atoms with Crippen molar-refractivity contribution in [3.05, 3.63) is 11.8 Å². The van der Waals surface area contributed by atoms with Crippen LogP contribution in [-0.4, -0.2) is 72.3 Å². The fourth-order valence-corrected chi connectivity index (χ4v) is 2.18. The van der Waals surface area contributed by atoms with Crippen LogP contribution in [0.2, 0.25) is 0 Å². The van der Waals surface area contributed by atoms with Gasteiger partial charge in [-0.3, -0.25) is 9.59 Å². The van der Waals surface area contributed by atoms with E-state index in [2.05, 4.69) is 4.74 Å². The van der Waals surface area contributed by atoms with Crippen LogP contribution in [0, 0.1) is 0 Å². The van der Waals surface area contributed by atoms with Crippen LogP contribution in [0.1, 0.15) is 13.8 Å². The number of carbonyl (C=O) groups excluding carboxylic acids is 3. The second-order valence-corrected chi connectivity index (χ2v) is 5.08. The van der Waals surface area contributed by atoms with Crippen molar-refractivity contribution in [2.24, 2.45) is 5.73 Å². The number of hydrogen-bond donors (Lipinski definition) is 3. The smallest absolute Gasteiger partial charge is 0.373 e. The van der Waals surface area contributed by atoms with Gasteiger partial charge in [0.05, 0.1) is 19.8 Å². The minimum Gasteiger partial charge on any atom is -0.477 e. The van der Waals surface area contributed by atoms with E-state index in [9.17, 15) is 19.5 Å². The second-order valence-electron chi connectivity index (χ2n) is 5.08. The van der Waals surface area contributed by atoms with Crippen LogP contribution < -0.4 is 5.73 Å². The van der Waals surface area contributed by atoms with Crippen LogP contribution in [0.25, 0.3) is 0 Å². The van der Waals surface area contributed by atoms with E-state index in [1.54, 1.807) is 0 Å². The summed E-state index contributed by atoms with van der Waals surface area (Å²) in [6, 6.07) is -1.08. The predicted molar refractivity (Wildman–Crippen MR) is 77.1 cm³/mol. The lowest BCUT2D eigenvalue weighted by Gasteiger charge is -2.38. The fraction of sp³-hybridized carbons (Fsp3) is 0.643. The number of rotatable bonds is 6. The molecule has 0 saturated carbocycles. The average molecular weight is 347 g/mol. The molecule has 5 atom stereocenters. The molecular weight excluding hydrogens is 326 g/mol. The number of esters is 3. The zero-order valence-corrected chi connectivity index (χ0v) is 13.5. The lowest BCUT2D eigenvalue weighted by molar-refractivity contribution is -0.177. The van der Waals surface area contributed by atoms with Gasteiger partial charge in [-0.05, 0) is 0 Å². The van der Waals surface area contributed by atoms with Crippen molar-refractivity contribution in [3.63, 3.8) is 0 Å². The first-order chi connectivity index (χ1) is 11.2. The maximum atomic E-state index is 11.7. The second kappa shape index (κ2) is 8.62. The monoisotopic (exact) mass is 347 g/mol. The molecule has 10 heteroatoms. The van der Waals surface area contributed by atoms with E-state index < -0.39 is 55.0 Å². The van der Waals surface area contributed by atoms with Crippen LogP contribution in [0.15, 0.2) is 11.8 Å². The Bertz CT molecular complexity index is 518. The first kappa shape index (κ1) is 19.9. The average Bonchev–Trinajstić information content (AvgIpc) is 2.52. The molecule has 0 aromatic carbocycles. The van der Waals surface area contributed by atoms with Crippen molar-refractivity contribution < 1.29 is 43.5 Å². The van der Waals surface area contributed by atoms with Gasteiger partial charge in [0, 0.05) is 19.9 Å². The lowest BCUT2D eigenvalue weighted by atomic mass is 9.94. The minimum atomic E-state index is -1.53. The standard InChI is InChI=1S/C14H21NO9/c1-6(17)22-9-4-10(14(20)21-3)24-13(11(9)15)12(8(19)5-16)23-7(2)18/h4,8-9,11-13,16,19H,5,15H2,1-3H3/t8-,9+,11-,12-,13?/m1/s1. The lowest BCUT2D eigenvalue weighted by Crippen LogP contribution is -2.59. The Morgan fingerprint density at radius 2 is 1.96 bits per heavy atom. The number of methoxy groups -OCH3 is 1. The highest BCUT2D eigenvalue weighted by molar-refractivity contribution is 5.86. The summed E-state index contributed by atoms with van der Waals surface area (Å²) >= 11 is 0. The number of nitrogens with two attached hydrogens (primary N) is 1. The topological polar surface area (TPSA) is 155 Å². The summed E-state index contributed by atoms with van der Waals surface area (Å²) in [5, 5.41) is 19.0. The van der Waals surface area contributed by atoms with E-state index in [1.165, 1.54) is 0 Å². The number of ether oxygens (including phenoxy) is 4. The molecule has 1 unspecified atom stereocenters. The number of aliphatic hydroxyl groups is 2. The van der Waals surface area contributed by atoms with Crippen molar-refractivity contribution in [2.45, 2.75) is 44.3 Å². The molecule has 1 heterocycles. The van der Waals surface area contributed by atoms with Gasteiger partial charge in [0.1, 0.15) is 12.2 Å². The third kappa shape index (κ3) is 4.91. The van der Waals surface area contributed by atoms with E-state index in [0.717, 1.165) is 27.0 Å². The Labute approximate surface area is 138 Å². The quantitative estimate of drug-likeness (QED) is 0.362. The number of aliphatic hydroxyl groups excluding tert-OH is 2. The van der Waals surface area contributed by atoms with Gasteiger partial charge in [0.2, 0.25) is 5.76 Å². The Morgan fingerprint density at radius 3 is 2.42 bits per heavy atom. The molecule has 0 saturated heterocycles. The predicted octanol–water partition coefficient (Wildman–Crippen LogP) is -2.01. The van der Waals surface area contributed by atoms with Crippen molar-refractivity contribution in [1.82, 2.24) is 0 Å². The summed E-state index contributed by atoms with van der Waals surface area (Å²) in [5.74, 6) is -2.62. The third-order valence-corrected chi connectivity index (χ3v) is 3.22. The molecule has 1 aliphatic rings. The van der Waals surface area contributed by atoms with E-state index in [0.29, 0.717) is 0 Å². The van der Waals surface area contributed by atoms with Crippen LogP contribution in [0.4, 0.5) is 0 Å². The molecule has 10 nitrogen and oxygen atoms in total. The Hall–Kier alpha value is -2.17. The Balaban J connectivity index is 3.19. The van der Waals surface area contributed by atoms with Crippen LogP contribution in [0.5, 0.6) is 0 Å². The van der Waals surface area contributed by atoms with Gasteiger partial charge < -0.3 is 34.9 Å². The molecule has 1 aliphatic heterocycles. The third-order valence-electron chi connectivity index (χ3n) is 3.22. The van der Waals surface area contributed by atoms with Crippen molar-refractivity contribution in [2.75, 3.05) is 13.7 Å². The maximum Gasteiger partial charge on any atom is 0.373 e. The minimum absolute atomic E-state index is 0.322. The molecular formula is C14H21NO9. The molecule has 0 spiro atoms. The summed E-state index contributed by atoms with van der Waals surface area (Å²) in [5.41, 5.74) is 5.96. The SMILES string of the molecule is COC(=O)C1=C[C@H](OC(C)=O)[C@@H](N)C([C@H](OC(C)=O)[C@H](O)CO)O1. The molecule has 0 aliphatic carbocycles. The molecule has 4 N–H and O–H groups in total. The first-order valence-corrected chi connectivity index (χ1v) is 7.07. The molecule has 1 rings (SSSR count). The summed E-state index contributed by atoms with van der Waals surface area (Å²) in [6.45, 7) is 1.49. The molecule has 0 radical (unpaired) electrons. The molecule has 24 heavy (non-hydrogen) atoms. The Morgan fingerprint density at radius 1 is 1.33 bits per heavy atom. The summed E-state index contributed by atoms with van der Waals surface area (Å²) in [6.07, 6.45) is -4.11. The van der Waals surface area contributed by atoms with Crippen LogP contribution >= 0.6 is 0 Å². The van der Waals surface area contributed by atoms with Gasteiger partial charge in [0.25, 0.3) is 0 Å². The van der Waals surface area contributed by atoms with Gasteiger partial charge in [-0.1, -0.05) is 0 Å². The van der Waals surface area contributed by atoms with Gasteiger partial charge >= 0.3 is 17.9 Å². The van der Waals surface area contributed by atoms with Gasteiger partial charge in [0.15, 0.2) is 12.2 Å².